The third-order valence-corrected chi connectivity index (χ3v) is 4.29. The van der Waals surface area contributed by atoms with Gasteiger partial charge in [0.25, 0.3) is 0 Å². The van der Waals surface area contributed by atoms with Gasteiger partial charge in [0, 0.05) is 17.3 Å². The molecule has 1 nitrogen and oxygen atoms in total. The van der Waals surface area contributed by atoms with E-state index in [9.17, 15) is 0 Å². The maximum atomic E-state index is 4.57. The van der Waals surface area contributed by atoms with E-state index in [1.165, 1.54) is 32.7 Å². The number of pyridine rings is 1. The Morgan fingerprint density at radius 3 is 2.36 bits per heavy atom. The first-order chi connectivity index (χ1) is 10.8. The highest BCUT2D eigenvalue weighted by atomic mass is 14.7. The summed E-state index contributed by atoms with van der Waals surface area (Å²) in [5.74, 6) is 0. The minimum absolute atomic E-state index is 0.915. The number of rotatable bonds is 2. The molecule has 1 aromatic heterocycles. The molecule has 1 heterocycles. The van der Waals surface area contributed by atoms with Crippen molar-refractivity contribution in [2.24, 2.45) is 0 Å². The van der Waals surface area contributed by atoms with Gasteiger partial charge in [-0.1, -0.05) is 66.7 Å². The van der Waals surface area contributed by atoms with Crippen LogP contribution >= 0.6 is 0 Å². The Balaban J connectivity index is 1.81. The van der Waals surface area contributed by atoms with Gasteiger partial charge in [0.1, 0.15) is 0 Å². The van der Waals surface area contributed by atoms with E-state index >= 15 is 0 Å². The zero-order valence-electron chi connectivity index (χ0n) is 12.6. The second kappa shape index (κ2) is 5.27. The molecular weight excluding hydrogens is 266 g/mol. The molecule has 4 rings (SSSR count). The number of aryl methyl sites for hydroxylation is 1. The van der Waals surface area contributed by atoms with Crippen molar-refractivity contribution in [3.05, 3.63) is 89.7 Å². The average Bonchev–Trinajstić information content (AvgIpc) is 2.58. The number of nitrogens with zero attached hydrogens (tertiary/aromatic N) is 1. The molecule has 0 aliphatic heterocycles. The van der Waals surface area contributed by atoms with E-state index in [2.05, 4.69) is 78.6 Å². The Bertz CT molecular complexity index is 970. The zero-order chi connectivity index (χ0) is 14.9. The Kier molecular flexibility index (Phi) is 3.12. The van der Waals surface area contributed by atoms with E-state index in [1.807, 2.05) is 6.20 Å². The summed E-state index contributed by atoms with van der Waals surface area (Å²) >= 11 is 0. The van der Waals surface area contributed by atoms with Gasteiger partial charge in [0.05, 0.1) is 0 Å². The largest absolute Gasteiger partial charge is 0.261 e. The lowest BCUT2D eigenvalue weighted by Crippen LogP contribution is -1.94. The molecule has 0 bridgehead atoms. The summed E-state index contributed by atoms with van der Waals surface area (Å²) < 4.78 is 0. The molecule has 0 amide bonds. The number of hydrogen-bond donors (Lipinski definition) is 0. The minimum Gasteiger partial charge on any atom is -0.261 e. The van der Waals surface area contributed by atoms with Crippen molar-refractivity contribution in [2.75, 3.05) is 0 Å². The van der Waals surface area contributed by atoms with Crippen molar-refractivity contribution in [1.29, 1.82) is 0 Å². The average molecular weight is 283 g/mol. The predicted octanol–water partition coefficient (Wildman–Crippen LogP) is 5.29. The van der Waals surface area contributed by atoms with Crippen LogP contribution in [0.5, 0.6) is 0 Å². The van der Waals surface area contributed by atoms with Gasteiger partial charge in [0.2, 0.25) is 0 Å². The summed E-state index contributed by atoms with van der Waals surface area (Å²) in [6.07, 6.45) is 2.94. The third kappa shape index (κ3) is 2.25. The number of hydrogen-bond acceptors (Lipinski definition) is 1. The minimum atomic E-state index is 0.915. The highest BCUT2D eigenvalue weighted by Gasteiger charge is 2.06. The third-order valence-electron chi connectivity index (χ3n) is 4.29. The van der Waals surface area contributed by atoms with Gasteiger partial charge in [-0.05, 0) is 40.6 Å². The summed E-state index contributed by atoms with van der Waals surface area (Å²) in [5, 5.41) is 5.14. The summed E-state index contributed by atoms with van der Waals surface area (Å²) in [4.78, 5) is 4.57. The van der Waals surface area contributed by atoms with Crippen LogP contribution in [0.3, 0.4) is 0 Å². The standard InChI is InChI=1S/C21H17N/c1-15-20-8-4-5-9-21(20)19(14-22-15)13-16-10-11-17-6-2-3-7-18(17)12-16/h2-12,14H,13H2,1H3. The molecule has 0 aliphatic carbocycles. The molecule has 0 atom stereocenters. The lowest BCUT2D eigenvalue weighted by atomic mass is 9.98. The van der Waals surface area contributed by atoms with Crippen LogP contribution in [0.2, 0.25) is 0 Å². The fourth-order valence-corrected chi connectivity index (χ4v) is 3.10. The Hall–Kier alpha value is -2.67. The highest BCUT2D eigenvalue weighted by molar-refractivity contribution is 5.88. The van der Waals surface area contributed by atoms with Crippen molar-refractivity contribution >= 4 is 21.5 Å². The van der Waals surface area contributed by atoms with Crippen LogP contribution in [0.15, 0.2) is 72.9 Å². The molecule has 4 aromatic rings. The van der Waals surface area contributed by atoms with Gasteiger partial charge in [-0.25, -0.2) is 0 Å². The van der Waals surface area contributed by atoms with Crippen LogP contribution in [0.1, 0.15) is 16.8 Å². The first-order valence-corrected chi connectivity index (χ1v) is 7.62. The van der Waals surface area contributed by atoms with E-state index in [1.54, 1.807) is 0 Å². The Morgan fingerprint density at radius 2 is 1.50 bits per heavy atom. The molecule has 0 N–H and O–H groups in total. The molecule has 0 aliphatic rings. The molecule has 0 spiro atoms. The second-order valence-electron chi connectivity index (χ2n) is 5.77. The fraction of sp³-hybridized carbons (Fsp3) is 0.0952. The first kappa shape index (κ1) is 13.0. The molecule has 22 heavy (non-hydrogen) atoms. The van der Waals surface area contributed by atoms with Crippen molar-refractivity contribution in [3.63, 3.8) is 0 Å². The lowest BCUT2D eigenvalue weighted by molar-refractivity contribution is 1.14. The first-order valence-electron chi connectivity index (χ1n) is 7.62. The molecule has 0 saturated heterocycles. The van der Waals surface area contributed by atoms with Crippen molar-refractivity contribution < 1.29 is 0 Å². The van der Waals surface area contributed by atoms with E-state index in [-0.39, 0.29) is 0 Å². The highest BCUT2D eigenvalue weighted by Crippen LogP contribution is 2.24. The van der Waals surface area contributed by atoms with Crippen LogP contribution in [-0.4, -0.2) is 4.98 Å². The number of aromatic nitrogens is 1. The van der Waals surface area contributed by atoms with Gasteiger partial charge in [-0.15, -0.1) is 0 Å². The van der Waals surface area contributed by atoms with Crippen LogP contribution < -0.4 is 0 Å². The van der Waals surface area contributed by atoms with Gasteiger partial charge in [-0.2, -0.15) is 0 Å². The van der Waals surface area contributed by atoms with Crippen molar-refractivity contribution in [1.82, 2.24) is 4.98 Å². The van der Waals surface area contributed by atoms with E-state index in [0.717, 1.165) is 12.1 Å². The molecule has 0 unspecified atom stereocenters. The number of benzene rings is 3. The summed E-state index contributed by atoms with van der Waals surface area (Å²) in [6.45, 7) is 2.07. The van der Waals surface area contributed by atoms with Crippen LogP contribution in [-0.2, 0) is 6.42 Å². The van der Waals surface area contributed by atoms with Gasteiger partial charge in [0.15, 0.2) is 0 Å². The molecule has 0 fully saturated rings. The van der Waals surface area contributed by atoms with Gasteiger partial charge >= 0.3 is 0 Å². The van der Waals surface area contributed by atoms with Crippen molar-refractivity contribution in [3.8, 4) is 0 Å². The summed E-state index contributed by atoms with van der Waals surface area (Å²) in [6, 6.07) is 23.7. The van der Waals surface area contributed by atoms with Crippen LogP contribution in [0, 0.1) is 6.92 Å². The quantitative estimate of drug-likeness (QED) is 0.487. The lowest BCUT2D eigenvalue weighted by Gasteiger charge is -2.09. The fourth-order valence-electron chi connectivity index (χ4n) is 3.10. The molecular formula is C21H17N. The molecule has 1 heteroatoms. The Labute approximate surface area is 130 Å². The zero-order valence-corrected chi connectivity index (χ0v) is 12.6. The summed E-state index contributed by atoms with van der Waals surface area (Å²) in [7, 11) is 0. The molecule has 3 aromatic carbocycles. The summed E-state index contributed by atoms with van der Waals surface area (Å²) in [5.41, 5.74) is 3.71. The maximum Gasteiger partial charge on any atom is 0.0451 e. The van der Waals surface area contributed by atoms with Crippen LogP contribution in [0.25, 0.3) is 21.5 Å². The van der Waals surface area contributed by atoms with Crippen molar-refractivity contribution in [2.45, 2.75) is 13.3 Å². The van der Waals surface area contributed by atoms with E-state index in [4.69, 9.17) is 0 Å². The maximum absolute atomic E-state index is 4.57. The molecule has 0 saturated carbocycles. The monoisotopic (exact) mass is 283 g/mol. The SMILES string of the molecule is Cc1ncc(Cc2ccc3ccccc3c2)c2ccccc12. The molecule has 106 valence electrons. The van der Waals surface area contributed by atoms with Crippen LogP contribution in [0.4, 0.5) is 0 Å². The Morgan fingerprint density at radius 1 is 0.773 bits per heavy atom. The smallest absolute Gasteiger partial charge is 0.0451 e. The van der Waals surface area contributed by atoms with E-state index in [0.29, 0.717) is 0 Å². The predicted molar refractivity (Wildman–Crippen MR) is 93.2 cm³/mol. The topological polar surface area (TPSA) is 12.9 Å². The normalized spacial score (nSPS) is 11.1. The van der Waals surface area contributed by atoms with E-state index < -0.39 is 0 Å². The molecule has 0 radical (unpaired) electrons. The second-order valence-corrected chi connectivity index (χ2v) is 5.77. The van der Waals surface area contributed by atoms with Gasteiger partial charge in [-0.3, -0.25) is 4.98 Å². The van der Waals surface area contributed by atoms with Gasteiger partial charge < -0.3 is 0 Å². The number of fused-ring (bicyclic) bond motifs is 2.